The van der Waals surface area contributed by atoms with E-state index in [-0.39, 0.29) is 11.9 Å². The smallest absolute Gasteiger partial charge is 0.235 e. The van der Waals surface area contributed by atoms with E-state index in [1.807, 2.05) is 6.07 Å². The molecule has 0 amide bonds. The van der Waals surface area contributed by atoms with Crippen molar-refractivity contribution >= 4 is 15.7 Å². The Labute approximate surface area is 107 Å². The SMILES string of the molecule is COC(C)CS(=O)(=O)Nc1cccc2c1CCO2. The van der Waals surface area contributed by atoms with Crippen LogP contribution in [-0.2, 0) is 21.2 Å². The molecule has 1 atom stereocenters. The monoisotopic (exact) mass is 271 g/mol. The molecule has 0 aliphatic carbocycles. The highest BCUT2D eigenvalue weighted by molar-refractivity contribution is 7.92. The average molecular weight is 271 g/mol. The van der Waals surface area contributed by atoms with Gasteiger partial charge in [0.05, 0.1) is 24.2 Å². The van der Waals surface area contributed by atoms with Gasteiger partial charge in [0.15, 0.2) is 0 Å². The minimum Gasteiger partial charge on any atom is -0.493 e. The number of nitrogens with one attached hydrogen (secondary N) is 1. The Balaban J connectivity index is 2.17. The van der Waals surface area contributed by atoms with Gasteiger partial charge in [-0.1, -0.05) is 6.07 Å². The molecule has 2 rings (SSSR count). The highest BCUT2D eigenvalue weighted by Gasteiger charge is 2.20. The van der Waals surface area contributed by atoms with Crippen LogP contribution in [0.2, 0.25) is 0 Å². The fourth-order valence-electron chi connectivity index (χ4n) is 1.90. The van der Waals surface area contributed by atoms with Crippen LogP contribution in [0.4, 0.5) is 5.69 Å². The molecule has 0 bridgehead atoms. The third-order valence-corrected chi connectivity index (χ3v) is 4.30. The minimum atomic E-state index is -3.40. The summed E-state index contributed by atoms with van der Waals surface area (Å²) in [6, 6.07) is 5.38. The third-order valence-electron chi connectivity index (χ3n) is 2.86. The first-order valence-electron chi connectivity index (χ1n) is 5.80. The van der Waals surface area contributed by atoms with Crippen molar-refractivity contribution in [3.05, 3.63) is 23.8 Å². The zero-order valence-corrected chi connectivity index (χ0v) is 11.3. The molecule has 0 fully saturated rings. The molecule has 0 saturated carbocycles. The molecule has 5 nitrogen and oxygen atoms in total. The van der Waals surface area contributed by atoms with Crippen molar-refractivity contribution < 1.29 is 17.9 Å². The van der Waals surface area contributed by atoms with E-state index in [0.29, 0.717) is 12.3 Å². The summed E-state index contributed by atoms with van der Waals surface area (Å²) < 4.78 is 36.8. The average Bonchev–Trinajstić information content (AvgIpc) is 2.77. The molecule has 1 aliphatic rings. The summed E-state index contributed by atoms with van der Waals surface area (Å²) in [6.45, 7) is 2.32. The van der Waals surface area contributed by atoms with Gasteiger partial charge in [0.25, 0.3) is 0 Å². The van der Waals surface area contributed by atoms with Crippen LogP contribution in [-0.4, -0.2) is 34.0 Å². The molecule has 0 saturated heterocycles. The Bertz CT molecular complexity index is 527. The van der Waals surface area contributed by atoms with Crippen molar-refractivity contribution in [2.45, 2.75) is 19.4 Å². The van der Waals surface area contributed by atoms with Crippen molar-refractivity contribution in [3.63, 3.8) is 0 Å². The van der Waals surface area contributed by atoms with E-state index in [4.69, 9.17) is 9.47 Å². The summed E-state index contributed by atoms with van der Waals surface area (Å²) in [5.74, 6) is 0.698. The molecular weight excluding hydrogens is 254 g/mol. The van der Waals surface area contributed by atoms with Gasteiger partial charge in [0.2, 0.25) is 10.0 Å². The van der Waals surface area contributed by atoms with Gasteiger partial charge in [0.1, 0.15) is 5.75 Å². The number of fused-ring (bicyclic) bond motifs is 1. The number of anilines is 1. The second-order valence-corrected chi connectivity index (χ2v) is 6.08. The van der Waals surface area contributed by atoms with Crippen molar-refractivity contribution in [1.82, 2.24) is 0 Å². The molecule has 0 radical (unpaired) electrons. The van der Waals surface area contributed by atoms with Crippen molar-refractivity contribution in [2.75, 3.05) is 24.2 Å². The van der Waals surface area contributed by atoms with Gasteiger partial charge in [-0.05, 0) is 19.1 Å². The fourth-order valence-corrected chi connectivity index (χ4v) is 3.27. The van der Waals surface area contributed by atoms with Gasteiger partial charge in [-0.15, -0.1) is 0 Å². The van der Waals surface area contributed by atoms with E-state index in [9.17, 15) is 8.42 Å². The third kappa shape index (κ3) is 2.94. The van der Waals surface area contributed by atoms with Gasteiger partial charge >= 0.3 is 0 Å². The van der Waals surface area contributed by atoms with Gasteiger partial charge in [-0.3, -0.25) is 4.72 Å². The Morgan fingerprint density at radius 3 is 3.00 bits per heavy atom. The summed E-state index contributed by atoms with van der Waals surface area (Å²) in [4.78, 5) is 0. The summed E-state index contributed by atoms with van der Waals surface area (Å²) in [6.07, 6.45) is 0.393. The molecule has 0 spiro atoms. The Morgan fingerprint density at radius 1 is 1.50 bits per heavy atom. The highest BCUT2D eigenvalue weighted by Crippen LogP contribution is 2.32. The molecule has 1 aromatic carbocycles. The predicted molar refractivity (Wildman–Crippen MR) is 69.5 cm³/mol. The largest absolute Gasteiger partial charge is 0.493 e. The van der Waals surface area contributed by atoms with Crippen molar-refractivity contribution in [3.8, 4) is 5.75 Å². The number of sulfonamides is 1. The van der Waals surface area contributed by atoms with Gasteiger partial charge in [-0.25, -0.2) is 8.42 Å². The molecule has 18 heavy (non-hydrogen) atoms. The van der Waals surface area contributed by atoms with E-state index in [0.717, 1.165) is 17.7 Å². The summed E-state index contributed by atoms with van der Waals surface area (Å²) >= 11 is 0. The van der Waals surface area contributed by atoms with Crippen LogP contribution in [0.25, 0.3) is 0 Å². The maximum absolute atomic E-state index is 11.9. The van der Waals surface area contributed by atoms with E-state index in [1.54, 1.807) is 19.1 Å². The van der Waals surface area contributed by atoms with E-state index < -0.39 is 10.0 Å². The highest BCUT2D eigenvalue weighted by atomic mass is 32.2. The topological polar surface area (TPSA) is 64.6 Å². The molecule has 0 aromatic heterocycles. The zero-order chi connectivity index (χ0) is 13.2. The quantitative estimate of drug-likeness (QED) is 0.879. The normalized spacial score (nSPS) is 15.9. The van der Waals surface area contributed by atoms with Gasteiger partial charge < -0.3 is 9.47 Å². The first kappa shape index (κ1) is 13.2. The summed E-state index contributed by atoms with van der Waals surface area (Å²) in [5, 5.41) is 0. The molecule has 1 unspecified atom stereocenters. The number of hydrogen-bond donors (Lipinski definition) is 1. The van der Waals surface area contributed by atoms with Crippen molar-refractivity contribution in [1.29, 1.82) is 0 Å². The first-order valence-corrected chi connectivity index (χ1v) is 7.45. The first-order chi connectivity index (χ1) is 8.52. The molecular formula is C12H17NO4S. The summed E-state index contributed by atoms with van der Waals surface area (Å²) in [5.41, 5.74) is 1.53. The van der Waals surface area contributed by atoms with Gasteiger partial charge in [-0.2, -0.15) is 0 Å². The second-order valence-electron chi connectivity index (χ2n) is 4.31. The maximum atomic E-state index is 11.9. The van der Waals surface area contributed by atoms with Crippen LogP contribution in [0.15, 0.2) is 18.2 Å². The van der Waals surface area contributed by atoms with Crippen molar-refractivity contribution in [2.24, 2.45) is 0 Å². The number of methoxy groups -OCH3 is 1. The summed E-state index contributed by atoms with van der Waals surface area (Å²) in [7, 11) is -1.90. The molecule has 1 aliphatic heterocycles. The van der Waals surface area contributed by atoms with Crippen LogP contribution >= 0.6 is 0 Å². The molecule has 1 heterocycles. The lowest BCUT2D eigenvalue weighted by Gasteiger charge is -2.13. The second kappa shape index (κ2) is 5.16. The van der Waals surface area contributed by atoms with Crippen LogP contribution in [0.3, 0.4) is 0 Å². The lowest BCUT2D eigenvalue weighted by molar-refractivity contribution is 0.136. The molecule has 100 valence electrons. The zero-order valence-electron chi connectivity index (χ0n) is 10.5. The Morgan fingerprint density at radius 2 is 2.28 bits per heavy atom. The number of rotatable bonds is 5. The Kier molecular flexibility index (Phi) is 3.77. The fraction of sp³-hybridized carbons (Fsp3) is 0.500. The van der Waals surface area contributed by atoms with Crippen LogP contribution in [0.5, 0.6) is 5.75 Å². The van der Waals surface area contributed by atoms with Crippen LogP contribution in [0, 0.1) is 0 Å². The minimum absolute atomic E-state index is 0.0615. The lowest BCUT2D eigenvalue weighted by atomic mass is 10.1. The predicted octanol–water partition coefficient (Wildman–Crippen LogP) is 1.40. The number of ether oxygens (including phenoxy) is 2. The molecule has 1 aromatic rings. The van der Waals surface area contributed by atoms with Gasteiger partial charge in [0, 0.05) is 19.1 Å². The number of hydrogen-bond acceptors (Lipinski definition) is 4. The van der Waals surface area contributed by atoms with Crippen LogP contribution < -0.4 is 9.46 Å². The van der Waals surface area contributed by atoms with Crippen LogP contribution in [0.1, 0.15) is 12.5 Å². The molecule has 1 N–H and O–H groups in total. The maximum Gasteiger partial charge on any atom is 0.235 e. The van der Waals surface area contributed by atoms with E-state index in [1.165, 1.54) is 7.11 Å². The standard InChI is InChI=1S/C12H17NO4S/c1-9(16-2)8-18(14,15)13-11-4-3-5-12-10(11)6-7-17-12/h3-5,9,13H,6-8H2,1-2H3. The van der Waals surface area contributed by atoms with E-state index in [2.05, 4.69) is 4.72 Å². The lowest BCUT2D eigenvalue weighted by Crippen LogP contribution is -2.25. The molecule has 6 heteroatoms. The number of benzene rings is 1. The van der Waals surface area contributed by atoms with E-state index >= 15 is 0 Å². The Hall–Kier alpha value is -1.27.